The van der Waals surface area contributed by atoms with E-state index in [4.69, 9.17) is 0 Å². The molecule has 1 saturated carbocycles. The van der Waals surface area contributed by atoms with Gasteiger partial charge in [-0.25, -0.2) is 0 Å². The van der Waals surface area contributed by atoms with Crippen LogP contribution in [0, 0.1) is 5.92 Å². The number of aliphatic imine (C=N–C) groups is 1. The molecular formula is C14H22N2. The fraction of sp³-hybridized carbons (Fsp3) is 0.643. The summed E-state index contributed by atoms with van der Waals surface area (Å²) in [6.45, 7) is 9.68. The number of allylic oxidation sites excluding steroid dienone is 2. The zero-order chi connectivity index (χ0) is 11.8. The lowest BCUT2D eigenvalue weighted by molar-refractivity contribution is 0.508. The molecule has 1 aliphatic heterocycles. The summed E-state index contributed by atoms with van der Waals surface area (Å²) < 4.78 is 0. The largest absolute Gasteiger partial charge is 0.304 e. The van der Waals surface area contributed by atoms with Gasteiger partial charge in [0.25, 0.3) is 0 Å². The highest BCUT2D eigenvalue weighted by Crippen LogP contribution is 2.37. The zero-order valence-electron chi connectivity index (χ0n) is 10.8. The average Bonchev–Trinajstić information content (AvgIpc) is 3.02. The van der Waals surface area contributed by atoms with Gasteiger partial charge in [-0.05, 0) is 51.7 Å². The number of rotatable bonds is 3. The topological polar surface area (TPSA) is 24.4 Å². The Balaban J connectivity index is 2.10. The molecule has 0 radical (unpaired) electrons. The highest BCUT2D eigenvalue weighted by molar-refractivity contribution is 5.82. The second-order valence-electron chi connectivity index (χ2n) is 5.37. The Hall–Kier alpha value is -0.890. The molecule has 0 atom stereocenters. The van der Waals surface area contributed by atoms with Crippen LogP contribution in [-0.2, 0) is 0 Å². The third kappa shape index (κ3) is 2.27. The van der Waals surface area contributed by atoms with Crippen LogP contribution in [0.3, 0.4) is 0 Å². The Morgan fingerprint density at radius 1 is 1.44 bits per heavy atom. The average molecular weight is 218 g/mol. The second kappa shape index (κ2) is 4.17. The van der Waals surface area contributed by atoms with E-state index in [9.17, 15) is 0 Å². The maximum atomic E-state index is 4.64. The van der Waals surface area contributed by atoms with Crippen molar-refractivity contribution in [3.8, 4) is 0 Å². The van der Waals surface area contributed by atoms with E-state index in [1.807, 2.05) is 0 Å². The Morgan fingerprint density at radius 3 is 2.56 bits per heavy atom. The molecule has 2 rings (SSSR count). The molecule has 88 valence electrons. The van der Waals surface area contributed by atoms with E-state index in [0.717, 1.165) is 12.5 Å². The van der Waals surface area contributed by atoms with Crippen LogP contribution in [0.25, 0.3) is 0 Å². The SMILES string of the molecule is CC=C(/N=C\C1=C(C)C(C)(C)NC1)C1CC1. The van der Waals surface area contributed by atoms with Crippen LogP contribution >= 0.6 is 0 Å². The molecule has 0 bridgehead atoms. The Bertz CT molecular complexity index is 368. The number of hydrogen-bond acceptors (Lipinski definition) is 2. The van der Waals surface area contributed by atoms with Gasteiger partial charge in [-0.15, -0.1) is 0 Å². The molecule has 0 saturated heterocycles. The summed E-state index contributed by atoms with van der Waals surface area (Å²) in [7, 11) is 0. The minimum absolute atomic E-state index is 0.136. The standard InChI is InChI=1S/C14H22N2/c1-5-13(11-6-7-11)15-8-12-9-16-14(3,4)10(12)2/h5,8,11,16H,6-7,9H2,1-4H3/b13-5?,15-8-. The maximum absolute atomic E-state index is 4.64. The predicted octanol–water partition coefficient (Wildman–Crippen LogP) is 3.07. The molecule has 0 spiro atoms. The summed E-state index contributed by atoms with van der Waals surface area (Å²) in [6, 6.07) is 0. The zero-order valence-corrected chi connectivity index (χ0v) is 10.8. The lowest BCUT2D eigenvalue weighted by Crippen LogP contribution is -2.34. The molecule has 0 amide bonds. The first-order valence-corrected chi connectivity index (χ1v) is 6.20. The van der Waals surface area contributed by atoms with Crippen molar-refractivity contribution in [2.45, 2.75) is 46.1 Å². The molecule has 1 fully saturated rings. The van der Waals surface area contributed by atoms with E-state index in [-0.39, 0.29) is 5.54 Å². The highest BCUT2D eigenvalue weighted by atomic mass is 15.0. The highest BCUT2D eigenvalue weighted by Gasteiger charge is 2.28. The maximum Gasteiger partial charge on any atom is 0.0392 e. The van der Waals surface area contributed by atoms with Gasteiger partial charge < -0.3 is 5.32 Å². The molecule has 1 aliphatic carbocycles. The van der Waals surface area contributed by atoms with Crippen molar-refractivity contribution in [1.29, 1.82) is 0 Å². The minimum atomic E-state index is 0.136. The Kier molecular flexibility index (Phi) is 3.02. The normalized spacial score (nSPS) is 25.9. The van der Waals surface area contributed by atoms with Crippen molar-refractivity contribution < 1.29 is 0 Å². The monoisotopic (exact) mass is 218 g/mol. The predicted molar refractivity (Wildman–Crippen MR) is 69.8 cm³/mol. The van der Waals surface area contributed by atoms with Gasteiger partial charge in [0.05, 0.1) is 0 Å². The second-order valence-corrected chi connectivity index (χ2v) is 5.37. The van der Waals surface area contributed by atoms with E-state index in [0.29, 0.717) is 0 Å². The first-order valence-electron chi connectivity index (χ1n) is 6.20. The molecule has 0 aromatic heterocycles. The fourth-order valence-corrected chi connectivity index (χ4v) is 2.07. The van der Waals surface area contributed by atoms with Crippen LogP contribution in [0.4, 0.5) is 0 Å². The van der Waals surface area contributed by atoms with Gasteiger partial charge in [0, 0.05) is 29.9 Å². The summed E-state index contributed by atoms with van der Waals surface area (Å²) in [5.74, 6) is 0.740. The van der Waals surface area contributed by atoms with Gasteiger partial charge in [0.15, 0.2) is 0 Å². The Morgan fingerprint density at radius 2 is 2.12 bits per heavy atom. The summed E-state index contributed by atoms with van der Waals surface area (Å²) in [5, 5.41) is 3.50. The van der Waals surface area contributed by atoms with Crippen LogP contribution in [0.1, 0.15) is 40.5 Å². The van der Waals surface area contributed by atoms with Gasteiger partial charge in [0.2, 0.25) is 0 Å². The molecule has 2 aliphatic rings. The molecule has 0 aromatic rings. The van der Waals surface area contributed by atoms with Crippen molar-refractivity contribution in [1.82, 2.24) is 5.32 Å². The fourth-order valence-electron chi connectivity index (χ4n) is 2.07. The van der Waals surface area contributed by atoms with E-state index in [1.165, 1.54) is 29.7 Å². The molecular weight excluding hydrogens is 196 g/mol. The van der Waals surface area contributed by atoms with Crippen LogP contribution in [0.2, 0.25) is 0 Å². The molecule has 0 unspecified atom stereocenters. The van der Waals surface area contributed by atoms with E-state index in [2.05, 4.69) is 50.3 Å². The molecule has 16 heavy (non-hydrogen) atoms. The lowest BCUT2D eigenvalue weighted by Gasteiger charge is -2.20. The van der Waals surface area contributed by atoms with Crippen LogP contribution in [0.15, 0.2) is 27.9 Å². The van der Waals surface area contributed by atoms with Gasteiger partial charge in [0.1, 0.15) is 0 Å². The number of hydrogen-bond donors (Lipinski definition) is 1. The third-order valence-corrected chi connectivity index (χ3v) is 3.80. The first-order chi connectivity index (χ1) is 7.54. The molecule has 0 aromatic carbocycles. The van der Waals surface area contributed by atoms with Gasteiger partial charge in [-0.1, -0.05) is 6.08 Å². The van der Waals surface area contributed by atoms with Gasteiger partial charge in [-0.3, -0.25) is 4.99 Å². The Labute approximate surface area is 98.5 Å². The smallest absolute Gasteiger partial charge is 0.0392 e. The quantitative estimate of drug-likeness (QED) is 0.723. The summed E-state index contributed by atoms with van der Waals surface area (Å²) in [5.41, 5.74) is 4.18. The van der Waals surface area contributed by atoms with E-state index < -0.39 is 0 Å². The molecule has 1 N–H and O–H groups in total. The van der Waals surface area contributed by atoms with Crippen molar-refractivity contribution >= 4 is 6.21 Å². The minimum Gasteiger partial charge on any atom is -0.304 e. The van der Waals surface area contributed by atoms with Crippen molar-refractivity contribution in [3.63, 3.8) is 0 Å². The number of nitrogens with zero attached hydrogens (tertiary/aromatic N) is 1. The van der Waals surface area contributed by atoms with Crippen LogP contribution < -0.4 is 5.32 Å². The summed E-state index contributed by atoms with van der Waals surface area (Å²) in [4.78, 5) is 4.64. The van der Waals surface area contributed by atoms with E-state index in [1.54, 1.807) is 0 Å². The van der Waals surface area contributed by atoms with Crippen molar-refractivity contribution in [2.24, 2.45) is 10.9 Å². The van der Waals surface area contributed by atoms with Crippen molar-refractivity contribution in [2.75, 3.05) is 6.54 Å². The molecule has 1 heterocycles. The third-order valence-electron chi connectivity index (χ3n) is 3.80. The first kappa shape index (κ1) is 11.6. The van der Waals surface area contributed by atoms with Crippen molar-refractivity contribution in [3.05, 3.63) is 22.9 Å². The lowest BCUT2D eigenvalue weighted by atomic mass is 9.96. The van der Waals surface area contributed by atoms with E-state index >= 15 is 0 Å². The van der Waals surface area contributed by atoms with Gasteiger partial charge in [-0.2, -0.15) is 0 Å². The summed E-state index contributed by atoms with van der Waals surface area (Å²) >= 11 is 0. The van der Waals surface area contributed by atoms with Gasteiger partial charge >= 0.3 is 0 Å². The summed E-state index contributed by atoms with van der Waals surface area (Å²) in [6.07, 6.45) is 6.85. The molecule has 2 nitrogen and oxygen atoms in total. The van der Waals surface area contributed by atoms with Crippen LogP contribution in [0.5, 0.6) is 0 Å². The molecule has 2 heteroatoms. The number of nitrogens with one attached hydrogen (secondary N) is 1. The van der Waals surface area contributed by atoms with Crippen LogP contribution in [-0.4, -0.2) is 18.3 Å².